The molecule has 0 bridgehead atoms. The Balaban J connectivity index is 2.36. The summed E-state index contributed by atoms with van der Waals surface area (Å²) in [4.78, 5) is 10.9. The second kappa shape index (κ2) is 4.42. The second-order valence-corrected chi connectivity index (χ2v) is 3.41. The number of rotatable bonds is 4. The van der Waals surface area contributed by atoms with E-state index >= 15 is 0 Å². The normalized spacial score (nSPS) is 27.8. The highest BCUT2D eigenvalue weighted by atomic mass is 16.6. The number of aliphatic hydroxyl groups is 1. The van der Waals surface area contributed by atoms with Crippen LogP contribution < -0.4 is 0 Å². The Labute approximate surface area is 78.4 Å². The molecule has 74 valence electrons. The lowest BCUT2D eigenvalue weighted by Crippen LogP contribution is -2.21. The summed E-state index contributed by atoms with van der Waals surface area (Å²) in [6, 6.07) is 0. The third kappa shape index (κ3) is 2.31. The van der Waals surface area contributed by atoms with Crippen LogP contribution in [-0.2, 0) is 9.53 Å². The van der Waals surface area contributed by atoms with E-state index < -0.39 is 12.1 Å². The highest BCUT2D eigenvalue weighted by molar-refractivity contribution is 5.91. The number of hydrogen-bond donors (Lipinski definition) is 1. The minimum atomic E-state index is -0.788. The average molecular weight is 184 g/mol. The van der Waals surface area contributed by atoms with E-state index in [2.05, 4.69) is 13.5 Å². The summed E-state index contributed by atoms with van der Waals surface area (Å²) in [5, 5.41) is 9.48. The average Bonchev–Trinajstić information content (AvgIpc) is 2.34. The molecule has 13 heavy (non-hydrogen) atoms. The van der Waals surface area contributed by atoms with Crippen molar-refractivity contribution in [3.8, 4) is 0 Å². The van der Waals surface area contributed by atoms with Crippen LogP contribution in [-0.4, -0.2) is 23.3 Å². The van der Waals surface area contributed by atoms with Crippen LogP contribution in [0, 0.1) is 0 Å². The number of carbonyl (C=O) groups is 1. The number of esters is 1. The molecular weight excluding hydrogens is 168 g/mol. The summed E-state index contributed by atoms with van der Waals surface area (Å²) in [7, 11) is 0. The molecular formula is C10H16O3. The van der Waals surface area contributed by atoms with Gasteiger partial charge in [0.05, 0.1) is 5.57 Å². The first-order valence-electron chi connectivity index (χ1n) is 4.74. The van der Waals surface area contributed by atoms with Gasteiger partial charge in [-0.2, -0.15) is 0 Å². The van der Waals surface area contributed by atoms with Gasteiger partial charge in [-0.05, 0) is 12.8 Å². The molecule has 3 heteroatoms. The number of unbranched alkanes of at least 4 members (excludes halogenated alkanes) is 2. The fraction of sp³-hybridized carbons (Fsp3) is 0.700. The molecule has 2 unspecified atom stereocenters. The van der Waals surface area contributed by atoms with Crippen LogP contribution in [0.1, 0.15) is 32.6 Å². The summed E-state index contributed by atoms with van der Waals surface area (Å²) in [5.41, 5.74) is 0.196. The molecule has 0 saturated carbocycles. The van der Waals surface area contributed by atoms with Crippen LogP contribution in [0.15, 0.2) is 12.2 Å². The van der Waals surface area contributed by atoms with Crippen LogP contribution >= 0.6 is 0 Å². The van der Waals surface area contributed by atoms with Crippen LogP contribution in [0.25, 0.3) is 0 Å². The summed E-state index contributed by atoms with van der Waals surface area (Å²) in [6.45, 7) is 5.58. The van der Waals surface area contributed by atoms with Gasteiger partial charge in [-0.3, -0.25) is 0 Å². The van der Waals surface area contributed by atoms with Crippen LogP contribution in [0.4, 0.5) is 0 Å². The SMILES string of the molecule is C=C1C(=O)OC(CCCCC)C1O. The van der Waals surface area contributed by atoms with Crippen LogP contribution in [0.5, 0.6) is 0 Å². The number of hydrogen-bond acceptors (Lipinski definition) is 3. The molecule has 1 rings (SSSR count). The zero-order valence-corrected chi connectivity index (χ0v) is 7.95. The van der Waals surface area contributed by atoms with Crippen molar-refractivity contribution < 1.29 is 14.6 Å². The first-order valence-corrected chi connectivity index (χ1v) is 4.74. The number of aliphatic hydroxyl groups excluding tert-OH is 1. The van der Waals surface area contributed by atoms with Gasteiger partial charge in [0.2, 0.25) is 0 Å². The van der Waals surface area contributed by atoms with Gasteiger partial charge >= 0.3 is 5.97 Å². The highest BCUT2D eigenvalue weighted by Crippen LogP contribution is 2.23. The lowest BCUT2D eigenvalue weighted by molar-refractivity contribution is -0.139. The van der Waals surface area contributed by atoms with E-state index in [0.29, 0.717) is 0 Å². The van der Waals surface area contributed by atoms with Crippen molar-refractivity contribution in [3.05, 3.63) is 12.2 Å². The van der Waals surface area contributed by atoms with Gasteiger partial charge in [-0.15, -0.1) is 0 Å². The maximum atomic E-state index is 10.9. The van der Waals surface area contributed by atoms with Gasteiger partial charge in [0.25, 0.3) is 0 Å². The Morgan fingerprint density at radius 2 is 2.23 bits per heavy atom. The molecule has 1 aliphatic heterocycles. The van der Waals surface area contributed by atoms with Crippen molar-refractivity contribution in [2.24, 2.45) is 0 Å². The third-order valence-corrected chi connectivity index (χ3v) is 2.32. The van der Waals surface area contributed by atoms with Crippen molar-refractivity contribution in [1.82, 2.24) is 0 Å². The maximum Gasteiger partial charge on any atom is 0.336 e. The molecule has 0 radical (unpaired) electrons. The van der Waals surface area contributed by atoms with Gasteiger partial charge in [0, 0.05) is 0 Å². The smallest absolute Gasteiger partial charge is 0.336 e. The fourth-order valence-corrected chi connectivity index (χ4v) is 1.44. The lowest BCUT2D eigenvalue weighted by atomic mass is 10.0. The molecule has 0 aromatic carbocycles. The quantitative estimate of drug-likeness (QED) is 0.408. The van der Waals surface area contributed by atoms with Crippen LogP contribution in [0.3, 0.4) is 0 Å². The first kappa shape index (κ1) is 10.3. The topological polar surface area (TPSA) is 46.5 Å². The second-order valence-electron chi connectivity index (χ2n) is 3.41. The minimum absolute atomic E-state index is 0.196. The molecule has 0 aromatic rings. The van der Waals surface area contributed by atoms with E-state index in [1.807, 2.05) is 0 Å². The summed E-state index contributed by atoms with van der Waals surface area (Å²) in [6.07, 6.45) is 2.81. The van der Waals surface area contributed by atoms with E-state index in [4.69, 9.17) is 4.74 Å². The molecule has 1 heterocycles. The summed E-state index contributed by atoms with van der Waals surface area (Å²) >= 11 is 0. The van der Waals surface area contributed by atoms with Crippen molar-refractivity contribution in [2.45, 2.75) is 44.8 Å². The molecule has 0 aromatic heterocycles. The molecule has 3 nitrogen and oxygen atoms in total. The van der Waals surface area contributed by atoms with Gasteiger partial charge in [0.1, 0.15) is 12.2 Å². The highest BCUT2D eigenvalue weighted by Gasteiger charge is 2.36. The number of cyclic esters (lactones) is 1. The molecule has 1 aliphatic rings. The molecule has 0 spiro atoms. The van der Waals surface area contributed by atoms with E-state index in [0.717, 1.165) is 25.7 Å². The lowest BCUT2D eigenvalue weighted by Gasteiger charge is -2.11. The Bertz CT molecular complexity index is 210. The molecule has 1 saturated heterocycles. The summed E-state index contributed by atoms with van der Waals surface area (Å²) in [5.74, 6) is -0.450. The molecule has 1 N–H and O–H groups in total. The Kier molecular flexibility index (Phi) is 3.48. The van der Waals surface area contributed by atoms with Crippen LogP contribution in [0.2, 0.25) is 0 Å². The largest absolute Gasteiger partial charge is 0.456 e. The van der Waals surface area contributed by atoms with Crippen molar-refractivity contribution in [2.75, 3.05) is 0 Å². The van der Waals surface area contributed by atoms with Gasteiger partial charge in [-0.25, -0.2) is 4.79 Å². The molecule has 1 fully saturated rings. The zero-order valence-electron chi connectivity index (χ0n) is 7.95. The molecule has 0 amide bonds. The summed E-state index contributed by atoms with van der Waals surface area (Å²) < 4.78 is 4.94. The minimum Gasteiger partial charge on any atom is -0.456 e. The van der Waals surface area contributed by atoms with Crippen molar-refractivity contribution in [1.29, 1.82) is 0 Å². The molecule has 2 atom stereocenters. The first-order chi connectivity index (χ1) is 6.16. The predicted molar refractivity (Wildman–Crippen MR) is 49.2 cm³/mol. The monoisotopic (exact) mass is 184 g/mol. The molecule has 0 aliphatic carbocycles. The number of ether oxygens (including phenoxy) is 1. The Morgan fingerprint density at radius 3 is 2.69 bits per heavy atom. The van der Waals surface area contributed by atoms with E-state index in [1.54, 1.807) is 0 Å². The van der Waals surface area contributed by atoms with Crippen molar-refractivity contribution in [3.63, 3.8) is 0 Å². The Hall–Kier alpha value is -0.830. The van der Waals surface area contributed by atoms with E-state index in [1.165, 1.54) is 0 Å². The Morgan fingerprint density at radius 1 is 1.54 bits per heavy atom. The fourth-order valence-electron chi connectivity index (χ4n) is 1.44. The van der Waals surface area contributed by atoms with Gasteiger partial charge < -0.3 is 9.84 Å². The maximum absolute atomic E-state index is 10.9. The van der Waals surface area contributed by atoms with Gasteiger partial charge in [-0.1, -0.05) is 26.3 Å². The zero-order chi connectivity index (χ0) is 9.84. The van der Waals surface area contributed by atoms with Crippen molar-refractivity contribution >= 4 is 5.97 Å². The number of carbonyl (C=O) groups excluding carboxylic acids is 1. The van der Waals surface area contributed by atoms with E-state index in [-0.39, 0.29) is 11.7 Å². The third-order valence-electron chi connectivity index (χ3n) is 2.32. The standard InChI is InChI=1S/C10H16O3/c1-3-4-5-6-8-9(11)7(2)10(12)13-8/h8-9,11H,2-6H2,1H3. The van der Waals surface area contributed by atoms with Gasteiger partial charge in [0.15, 0.2) is 0 Å². The van der Waals surface area contributed by atoms with E-state index in [9.17, 15) is 9.90 Å². The predicted octanol–water partition coefficient (Wildman–Crippen LogP) is 1.41.